The number of fused-ring (bicyclic) bond motifs is 1. The maximum atomic E-state index is 11.8. The van der Waals surface area contributed by atoms with Crippen molar-refractivity contribution in [3.63, 3.8) is 0 Å². The van der Waals surface area contributed by atoms with E-state index >= 15 is 0 Å². The van der Waals surface area contributed by atoms with Crippen LogP contribution in [0.4, 0.5) is 0 Å². The zero-order chi connectivity index (χ0) is 13.1. The second kappa shape index (κ2) is 5.01. The van der Waals surface area contributed by atoms with Gasteiger partial charge in [0.1, 0.15) is 5.82 Å². The van der Waals surface area contributed by atoms with Crippen LogP contribution in [0.15, 0.2) is 18.2 Å². The number of aryl methyl sites for hydroxylation is 1. The Morgan fingerprint density at radius 1 is 1.56 bits per heavy atom. The number of nitrogens with zero attached hydrogens (tertiary/aromatic N) is 2. The van der Waals surface area contributed by atoms with Crippen molar-refractivity contribution in [3.8, 4) is 6.07 Å². The minimum absolute atomic E-state index is 0.0734. The van der Waals surface area contributed by atoms with E-state index in [2.05, 4.69) is 9.97 Å². The van der Waals surface area contributed by atoms with Crippen molar-refractivity contribution in [3.05, 3.63) is 29.6 Å². The van der Waals surface area contributed by atoms with E-state index in [4.69, 9.17) is 5.26 Å². The summed E-state index contributed by atoms with van der Waals surface area (Å²) in [5.74, 6) is -0.398. The number of carbonyl (C=O) groups excluding carboxylic acids is 1. The van der Waals surface area contributed by atoms with E-state index in [1.54, 1.807) is 0 Å². The van der Waals surface area contributed by atoms with E-state index in [9.17, 15) is 4.79 Å². The van der Waals surface area contributed by atoms with Crippen LogP contribution in [0.25, 0.3) is 11.0 Å². The Bertz CT molecular complexity index is 621. The Hall–Kier alpha value is -2.15. The first-order valence-electron chi connectivity index (χ1n) is 6.04. The van der Waals surface area contributed by atoms with Gasteiger partial charge in [0.25, 0.3) is 0 Å². The molecule has 0 spiro atoms. The fourth-order valence-electron chi connectivity index (χ4n) is 1.96. The van der Waals surface area contributed by atoms with Gasteiger partial charge in [-0.05, 0) is 31.0 Å². The van der Waals surface area contributed by atoms with Crippen LogP contribution in [0.3, 0.4) is 0 Å². The molecule has 0 radical (unpaired) electrons. The normalized spacial score (nSPS) is 12.3. The summed E-state index contributed by atoms with van der Waals surface area (Å²) in [7, 11) is 0. The molecule has 92 valence electrons. The fourth-order valence-corrected chi connectivity index (χ4v) is 1.96. The first kappa shape index (κ1) is 12.3. The summed E-state index contributed by atoms with van der Waals surface area (Å²) in [5, 5.41) is 9.13. The molecule has 4 heteroatoms. The Morgan fingerprint density at radius 3 is 3.00 bits per heavy atom. The molecule has 0 saturated heterocycles. The summed E-state index contributed by atoms with van der Waals surface area (Å²) >= 11 is 0. The number of carbonyl (C=O) groups is 1. The van der Waals surface area contributed by atoms with Crippen LogP contribution in [0.2, 0.25) is 0 Å². The van der Waals surface area contributed by atoms with Crippen molar-refractivity contribution < 1.29 is 4.79 Å². The number of rotatable bonds is 4. The van der Waals surface area contributed by atoms with Gasteiger partial charge in [-0.1, -0.05) is 13.0 Å². The third-order valence-corrected chi connectivity index (χ3v) is 2.88. The lowest BCUT2D eigenvalue weighted by molar-refractivity contribution is -0.119. The molecule has 1 heterocycles. The molecule has 4 nitrogen and oxygen atoms in total. The summed E-state index contributed by atoms with van der Waals surface area (Å²) in [4.78, 5) is 19.2. The molecule has 1 aromatic heterocycles. The monoisotopic (exact) mass is 241 g/mol. The van der Waals surface area contributed by atoms with Gasteiger partial charge in [0.05, 0.1) is 17.1 Å². The molecule has 0 aliphatic carbocycles. The maximum absolute atomic E-state index is 11.8. The van der Waals surface area contributed by atoms with Crippen molar-refractivity contribution in [1.82, 2.24) is 9.97 Å². The van der Waals surface area contributed by atoms with E-state index in [1.165, 1.54) is 0 Å². The number of nitriles is 1. The van der Waals surface area contributed by atoms with Crippen molar-refractivity contribution in [2.75, 3.05) is 0 Å². The van der Waals surface area contributed by atoms with Gasteiger partial charge in [0, 0.05) is 6.42 Å². The van der Waals surface area contributed by atoms with Crippen molar-refractivity contribution in [2.45, 2.75) is 32.6 Å². The molecule has 0 amide bonds. The molecule has 2 rings (SSSR count). The van der Waals surface area contributed by atoms with Gasteiger partial charge in [-0.3, -0.25) is 4.79 Å². The molecule has 1 N–H and O–H groups in total. The van der Waals surface area contributed by atoms with E-state index in [-0.39, 0.29) is 5.78 Å². The number of nitrogens with one attached hydrogen (secondary N) is 1. The number of Topliss-reactive ketones (excluding diaryl/α,β-unsaturated/α-hetero) is 1. The van der Waals surface area contributed by atoms with E-state index in [1.807, 2.05) is 38.1 Å². The molecule has 2 aromatic rings. The first-order chi connectivity index (χ1) is 8.65. The van der Waals surface area contributed by atoms with Crippen LogP contribution >= 0.6 is 0 Å². The number of aromatic amines is 1. The summed E-state index contributed by atoms with van der Waals surface area (Å²) in [6.07, 6.45) is 1.16. The zero-order valence-electron chi connectivity index (χ0n) is 10.5. The highest BCUT2D eigenvalue weighted by Gasteiger charge is 2.22. The molecule has 0 saturated carbocycles. The van der Waals surface area contributed by atoms with E-state index in [0.29, 0.717) is 12.2 Å². The van der Waals surface area contributed by atoms with Gasteiger partial charge >= 0.3 is 0 Å². The number of ketones is 1. The molecule has 0 aliphatic heterocycles. The number of hydrogen-bond donors (Lipinski definition) is 1. The van der Waals surface area contributed by atoms with Crippen LogP contribution < -0.4 is 0 Å². The number of aromatic nitrogens is 2. The lowest BCUT2D eigenvalue weighted by Gasteiger charge is -2.02. The average molecular weight is 241 g/mol. The standard InChI is InChI=1S/C14H15N3O/c1-3-4-13(18)10(8-15)14-16-11-6-5-9(2)7-12(11)17-14/h5-7,10H,3-4H2,1-2H3,(H,16,17). The highest BCUT2D eigenvalue weighted by atomic mass is 16.1. The molecule has 1 unspecified atom stereocenters. The Balaban J connectivity index is 2.40. The van der Waals surface area contributed by atoms with Gasteiger partial charge in [0.2, 0.25) is 0 Å². The molecule has 0 fully saturated rings. The largest absolute Gasteiger partial charge is 0.340 e. The van der Waals surface area contributed by atoms with Crippen LogP contribution in [0.1, 0.15) is 37.1 Å². The molecular formula is C14H15N3O. The van der Waals surface area contributed by atoms with Crippen molar-refractivity contribution in [2.24, 2.45) is 0 Å². The van der Waals surface area contributed by atoms with Gasteiger partial charge < -0.3 is 4.98 Å². The highest BCUT2D eigenvalue weighted by molar-refractivity contribution is 5.88. The predicted octanol–water partition coefficient (Wildman–Crippen LogP) is 2.85. The summed E-state index contributed by atoms with van der Waals surface area (Å²) in [5.41, 5.74) is 2.78. The second-order valence-electron chi connectivity index (χ2n) is 4.42. The van der Waals surface area contributed by atoms with Gasteiger partial charge in [-0.2, -0.15) is 5.26 Å². The highest BCUT2D eigenvalue weighted by Crippen LogP contribution is 2.20. The molecule has 18 heavy (non-hydrogen) atoms. The van der Waals surface area contributed by atoms with Crippen LogP contribution in [-0.2, 0) is 4.79 Å². The number of benzene rings is 1. The SMILES string of the molecule is CCCC(=O)C(C#N)c1nc2ccc(C)cc2[nH]1. The number of H-pyrrole nitrogens is 1. The first-order valence-corrected chi connectivity index (χ1v) is 6.04. The van der Waals surface area contributed by atoms with Crippen molar-refractivity contribution >= 4 is 16.8 Å². The minimum atomic E-state index is -0.780. The predicted molar refractivity (Wildman–Crippen MR) is 69.1 cm³/mol. The lowest BCUT2D eigenvalue weighted by atomic mass is 10.0. The quantitative estimate of drug-likeness (QED) is 0.894. The maximum Gasteiger partial charge on any atom is 0.162 e. The summed E-state index contributed by atoms with van der Waals surface area (Å²) in [6, 6.07) is 7.85. The number of hydrogen-bond acceptors (Lipinski definition) is 3. The van der Waals surface area contributed by atoms with Gasteiger partial charge in [-0.15, -0.1) is 0 Å². The van der Waals surface area contributed by atoms with Crippen LogP contribution in [0.5, 0.6) is 0 Å². The minimum Gasteiger partial charge on any atom is -0.340 e. The topological polar surface area (TPSA) is 69.5 Å². The second-order valence-corrected chi connectivity index (χ2v) is 4.42. The molecular weight excluding hydrogens is 226 g/mol. The summed E-state index contributed by atoms with van der Waals surface area (Å²) < 4.78 is 0. The van der Waals surface area contributed by atoms with E-state index in [0.717, 1.165) is 23.0 Å². The molecule has 0 bridgehead atoms. The third-order valence-electron chi connectivity index (χ3n) is 2.88. The molecule has 1 atom stereocenters. The Labute approximate surface area is 106 Å². The lowest BCUT2D eigenvalue weighted by Crippen LogP contribution is -2.11. The average Bonchev–Trinajstić information content (AvgIpc) is 2.72. The number of imidazole rings is 1. The van der Waals surface area contributed by atoms with Gasteiger partial charge in [0.15, 0.2) is 11.7 Å². The molecule has 1 aromatic carbocycles. The van der Waals surface area contributed by atoms with Crippen LogP contribution in [-0.4, -0.2) is 15.8 Å². The Morgan fingerprint density at radius 2 is 2.33 bits per heavy atom. The van der Waals surface area contributed by atoms with E-state index < -0.39 is 5.92 Å². The van der Waals surface area contributed by atoms with Gasteiger partial charge in [-0.25, -0.2) is 4.98 Å². The third kappa shape index (κ3) is 2.25. The smallest absolute Gasteiger partial charge is 0.162 e. The Kier molecular flexibility index (Phi) is 3.42. The molecule has 0 aliphatic rings. The fraction of sp³-hybridized carbons (Fsp3) is 0.357. The van der Waals surface area contributed by atoms with Crippen LogP contribution in [0, 0.1) is 18.3 Å². The van der Waals surface area contributed by atoms with Crippen molar-refractivity contribution in [1.29, 1.82) is 5.26 Å². The zero-order valence-corrected chi connectivity index (χ0v) is 10.5. The summed E-state index contributed by atoms with van der Waals surface area (Å²) in [6.45, 7) is 3.91.